The largest absolute Gasteiger partial charge is 0.573 e. The van der Waals surface area contributed by atoms with Gasteiger partial charge in [-0.3, -0.25) is 4.68 Å². The van der Waals surface area contributed by atoms with E-state index >= 15 is 0 Å². The van der Waals surface area contributed by atoms with Crippen molar-refractivity contribution in [3.05, 3.63) is 47.8 Å². The van der Waals surface area contributed by atoms with Crippen molar-refractivity contribution < 1.29 is 17.9 Å². The van der Waals surface area contributed by atoms with Gasteiger partial charge in [0.2, 0.25) is 0 Å². The second-order valence-corrected chi connectivity index (χ2v) is 4.68. The smallest absolute Gasteiger partial charge is 0.406 e. The van der Waals surface area contributed by atoms with E-state index in [0.29, 0.717) is 6.54 Å². The van der Waals surface area contributed by atoms with Gasteiger partial charge in [-0.2, -0.15) is 5.10 Å². The van der Waals surface area contributed by atoms with Crippen LogP contribution in [0.3, 0.4) is 0 Å². The van der Waals surface area contributed by atoms with Crippen LogP contribution in [0.1, 0.15) is 30.5 Å². The maximum absolute atomic E-state index is 12.1. The second kappa shape index (κ2) is 6.17. The molecule has 21 heavy (non-hydrogen) atoms. The number of aromatic nitrogens is 2. The van der Waals surface area contributed by atoms with E-state index in [2.05, 4.69) is 9.84 Å². The molecule has 2 N–H and O–H groups in total. The number of nitrogens with two attached hydrogens (primary N) is 1. The lowest BCUT2D eigenvalue weighted by Gasteiger charge is -2.09. The van der Waals surface area contributed by atoms with Crippen molar-refractivity contribution in [1.82, 2.24) is 9.78 Å². The molecule has 2 aromatic rings. The monoisotopic (exact) mass is 299 g/mol. The van der Waals surface area contributed by atoms with E-state index in [1.807, 2.05) is 13.1 Å². The predicted octanol–water partition coefficient (Wildman–Crippen LogP) is 3.24. The second-order valence-electron chi connectivity index (χ2n) is 4.68. The van der Waals surface area contributed by atoms with E-state index in [1.54, 1.807) is 23.0 Å². The highest BCUT2D eigenvalue weighted by molar-refractivity contribution is 5.27. The molecule has 0 bridgehead atoms. The highest BCUT2D eigenvalue weighted by Gasteiger charge is 2.30. The summed E-state index contributed by atoms with van der Waals surface area (Å²) in [6, 6.07) is 5.65. The van der Waals surface area contributed by atoms with Gasteiger partial charge in [-0.15, -0.1) is 13.2 Å². The molecular formula is C14H16F3N3O. The van der Waals surface area contributed by atoms with Gasteiger partial charge in [0.25, 0.3) is 0 Å². The molecule has 0 aliphatic heterocycles. The molecule has 1 unspecified atom stereocenters. The standard InChI is InChI=1S/C14H16F3N3O/c1-2-13(18)11-7-19-20(9-11)8-10-3-5-12(6-4-10)21-14(15,16)17/h3-7,9,13H,2,8,18H2,1H3. The Labute approximate surface area is 120 Å². The van der Waals surface area contributed by atoms with Crippen molar-refractivity contribution in [1.29, 1.82) is 0 Å². The number of ether oxygens (including phenoxy) is 1. The van der Waals surface area contributed by atoms with Gasteiger partial charge < -0.3 is 10.5 Å². The van der Waals surface area contributed by atoms with Crippen LogP contribution in [0.15, 0.2) is 36.7 Å². The van der Waals surface area contributed by atoms with Crippen LogP contribution in [-0.2, 0) is 6.54 Å². The lowest BCUT2D eigenvalue weighted by molar-refractivity contribution is -0.274. The van der Waals surface area contributed by atoms with E-state index in [4.69, 9.17) is 5.73 Å². The summed E-state index contributed by atoms with van der Waals surface area (Å²) < 4.78 is 41.7. The number of hydrogen-bond donors (Lipinski definition) is 1. The summed E-state index contributed by atoms with van der Waals surface area (Å²) in [6.07, 6.45) is -0.312. The van der Waals surface area contributed by atoms with Crippen LogP contribution in [0.2, 0.25) is 0 Å². The van der Waals surface area contributed by atoms with Crippen molar-refractivity contribution in [3.63, 3.8) is 0 Å². The highest BCUT2D eigenvalue weighted by Crippen LogP contribution is 2.23. The molecule has 7 heteroatoms. The first-order chi connectivity index (χ1) is 9.87. The van der Waals surface area contributed by atoms with Crippen LogP contribution in [0.4, 0.5) is 13.2 Å². The van der Waals surface area contributed by atoms with Gasteiger partial charge in [0, 0.05) is 17.8 Å². The Bertz CT molecular complexity index is 578. The highest BCUT2D eigenvalue weighted by atomic mass is 19.4. The SMILES string of the molecule is CCC(N)c1cnn(Cc2ccc(OC(F)(F)F)cc2)c1. The van der Waals surface area contributed by atoms with Crippen LogP contribution in [-0.4, -0.2) is 16.1 Å². The summed E-state index contributed by atoms with van der Waals surface area (Å²) in [5.41, 5.74) is 7.67. The molecule has 0 fully saturated rings. The maximum Gasteiger partial charge on any atom is 0.573 e. The summed E-state index contributed by atoms with van der Waals surface area (Å²) >= 11 is 0. The lowest BCUT2D eigenvalue weighted by atomic mass is 10.1. The molecule has 0 aliphatic carbocycles. The zero-order valence-corrected chi connectivity index (χ0v) is 11.5. The Kier molecular flexibility index (Phi) is 4.52. The third-order valence-corrected chi connectivity index (χ3v) is 3.02. The molecule has 1 aromatic heterocycles. The first kappa shape index (κ1) is 15.4. The molecule has 1 aromatic carbocycles. The number of alkyl halides is 3. The number of nitrogens with zero attached hydrogens (tertiary/aromatic N) is 2. The minimum Gasteiger partial charge on any atom is -0.406 e. The normalized spacial score (nSPS) is 13.2. The molecule has 0 saturated heterocycles. The molecule has 2 rings (SSSR count). The van der Waals surface area contributed by atoms with E-state index < -0.39 is 6.36 Å². The summed E-state index contributed by atoms with van der Waals surface area (Å²) in [7, 11) is 0. The number of rotatable bonds is 5. The Balaban J connectivity index is 2.01. The lowest BCUT2D eigenvalue weighted by Crippen LogP contribution is -2.17. The first-order valence-electron chi connectivity index (χ1n) is 6.50. The predicted molar refractivity (Wildman–Crippen MR) is 71.7 cm³/mol. The van der Waals surface area contributed by atoms with E-state index in [1.165, 1.54) is 12.1 Å². The number of halogens is 3. The molecule has 0 amide bonds. The van der Waals surface area contributed by atoms with Crippen LogP contribution in [0, 0.1) is 0 Å². The van der Waals surface area contributed by atoms with Crippen LogP contribution >= 0.6 is 0 Å². The molecule has 4 nitrogen and oxygen atoms in total. The quantitative estimate of drug-likeness (QED) is 0.922. The van der Waals surface area contributed by atoms with Gasteiger partial charge in [-0.05, 0) is 24.1 Å². The van der Waals surface area contributed by atoms with Crippen molar-refractivity contribution in [2.75, 3.05) is 0 Å². The van der Waals surface area contributed by atoms with Crippen LogP contribution < -0.4 is 10.5 Å². The number of benzene rings is 1. The van der Waals surface area contributed by atoms with Crippen LogP contribution in [0.25, 0.3) is 0 Å². The fourth-order valence-electron chi connectivity index (χ4n) is 1.88. The van der Waals surface area contributed by atoms with Gasteiger partial charge in [0.15, 0.2) is 0 Å². The molecule has 0 aliphatic rings. The van der Waals surface area contributed by atoms with Crippen molar-refractivity contribution in [3.8, 4) is 5.75 Å². The van der Waals surface area contributed by atoms with E-state index in [9.17, 15) is 13.2 Å². The summed E-state index contributed by atoms with van der Waals surface area (Å²) in [5, 5.41) is 4.19. The summed E-state index contributed by atoms with van der Waals surface area (Å²) in [4.78, 5) is 0. The Hall–Kier alpha value is -2.02. The number of hydrogen-bond acceptors (Lipinski definition) is 3. The molecular weight excluding hydrogens is 283 g/mol. The average molecular weight is 299 g/mol. The Morgan fingerprint density at radius 1 is 1.29 bits per heavy atom. The van der Waals surface area contributed by atoms with E-state index in [0.717, 1.165) is 17.5 Å². The van der Waals surface area contributed by atoms with Gasteiger partial charge in [-0.25, -0.2) is 0 Å². The third-order valence-electron chi connectivity index (χ3n) is 3.02. The van der Waals surface area contributed by atoms with Gasteiger partial charge in [-0.1, -0.05) is 19.1 Å². The zero-order valence-electron chi connectivity index (χ0n) is 11.5. The minimum absolute atomic E-state index is 0.0543. The Morgan fingerprint density at radius 3 is 2.52 bits per heavy atom. The van der Waals surface area contributed by atoms with Crippen molar-refractivity contribution >= 4 is 0 Å². The summed E-state index contributed by atoms with van der Waals surface area (Å²) in [6.45, 7) is 2.45. The van der Waals surface area contributed by atoms with Gasteiger partial charge >= 0.3 is 6.36 Å². The third kappa shape index (κ3) is 4.49. The van der Waals surface area contributed by atoms with Crippen molar-refractivity contribution in [2.45, 2.75) is 32.3 Å². The maximum atomic E-state index is 12.1. The topological polar surface area (TPSA) is 53.1 Å². The fourth-order valence-corrected chi connectivity index (χ4v) is 1.88. The van der Waals surface area contributed by atoms with Crippen LogP contribution in [0.5, 0.6) is 5.75 Å². The molecule has 0 spiro atoms. The molecule has 1 heterocycles. The molecule has 0 saturated carbocycles. The molecule has 114 valence electrons. The Morgan fingerprint density at radius 2 is 1.95 bits per heavy atom. The van der Waals surface area contributed by atoms with E-state index in [-0.39, 0.29) is 11.8 Å². The molecule has 0 radical (unpaired) electrons. The molecule has 1 atom stereocenters. The average Bonchev–Trinajstić information content (AvgIpc) is 2.87. The van der Waals surface area contributed by atoms with Gasteiger partial charge in [0.05, 0.1) is 12.7 Å². The zero-order chi connectivity index (χ0) is 15.5. The fraction of sp³-hybridized carbons (Fsp3) is 0.357. The minimum atomic E-state index is -4.67. The van der Waals surface area contributed by atoms with Crippen molar-refractivity contribution in [2.24, 2.45) is 5.73 Å². The van der Waals surface area contributed by atoms with Gasteiger partial charge in [0.1, 0.15) is 5.75 Å². The first-order valence-corrected chi connectivity index (χ1v) is 6.50. The summed E-state index contributed by atoms with van der Waals surface area (Å²) in [5.74, 6) is -0.236.